The van der Waals surface area contributed by atoms with Gasteiger partial charge in [0, 0.05) is 29.3 Å². The van der Waals surface area contributed by atoms with Crippen LogP contribution < -0.4 is 9.80 Å². The molecule has 3 aromatic rings. The molecular formula is C20H14F2N4O3S. The second-order valence-corrected chi connectivity index (χ2v) is 8.87. The minimum atomic E-state index is -3.51. The fourth-order valence-electron chi connectivity index (χ4n) is 3.43. The first-order valence-corrected chi connectivity index (χ1v) is 10.6. The third-order valence-electron chi connectivity index (χ3n) is 4.81. The predicted molar refractivity (Wildman–Crippen MR) is 106 cm³/mol. The number of aromatic nitrogens is 1. The highest BCUT2D eigenvalue weighted by Crippen LogP contribution is 2.34. The van der Waals surface area contributed by atoms with Crippen molar-refractivity contribution in [3.63, 3.8) is 0 Å². The lowest BCUT2D eigenvalue weighted by Gasteiger charge is -2.21. The molecule has 30 heavy (non-hydrogen) atoms. The number of amides is 2. The molecular weight excluding hydrogens is 414 g/mol. The number of pyridine rings is 1. The summed E-state index contributed by atoms with van der Waals surface area (Å²) in [5.74, 6) is -1.70. The van der Waals surface area contributed by atoms with E-state index in [0.717, 1.165) is 28.2 Å². The number of benzene rings is 2. The number of nitrogens with zero attached hydrogens (tertiary/aromatic N) is 4. The maximum atomic E-state index is 13.6. The van der Waals surface area contributed by atoms with Gasteiger partial charge in [0.1, 0.15) is 17.7 Å². The Balaban J connectivity index is 1.86. The third kappa shape index (κ3) is 3.33. The van der Waals surface area contributed by atoms with E-state index < -0.39 is 33.5 Å². The van der Waals surface area contributed by atoms with Gasteiger partial charge in [-0.25, -0.2) is 22.0 Å². The normalized spacial score (nSPS) is 16.9. The quantitative estimate of drug-likeness (QED) is 0.638. The maximum absolute atomic E-state index is 13.6. The molecule has 7 nitrogen and oxygen atoms in total. The number of hydrogen-bond acceptors (Lipinski definition) is 5. The maximum Gasteiger partial charge on any atom is 0.330 e. The zero-order valence-electron chi connectivity index (χ0n) is 15.6. The summed E-state index contributed by atoms with van der Waals surface area (Å²) in [5, 5.41) is 10.6. The number of carbonyl (C=O) groups excluding carboxylic acids is 1. The van der Waals surface area contributed by atoms with Crippen LogP contribution in [0.5, 0.6) is 0 Å². The van der Waals surface area contributed by atoms with Gasteiger partial charge in [0.25, 0.3) is 0 Å². The molecule has 1 fully saturated rings. The first-order chi connectivity index (χ1) is 14.2. The Bertz CT molecular complexity index is 1320. The van der Waals surface area contributed by atoms with E-state index >= 15 is 0 Å². The zero-order chi connectivity index (χ0) is 21.6. The van der Waals surface area contributed by atoms with E-state index in [1.807, 2.05) is 6.07 Å². The SMILES string of the molecule is CS(=O)(=O)c1ccc2cncc(N3C(=O)N(c4cc(F)cc(F)c4)CC3C#N)c2c1. The summed E-state index contributed by atoms with van der Waals surface area (Å²) >= 11 is 0. The summed E-state index contributed by atoms with van der Waals surface area (Å²) in [5.41, 5.74) is 0.208. The number of sulfone groups is 1. The van der Waals surface area contributed by atoms with Crippen LogP contribution in [-0.4, -0.2) is 38.3 Å². The van der Waals surface area contributed by atoms with Gasteiger partial charge in [0.05, 0.1) is 35.1 Å². The van der Waals surface area contributed by atoms with Gasteiger partial charge >= 0.3 is 6.03 Å². The summed E-state index contributed by atoms with van der Waals surface area (Å²) < 4.78 is 51.2. The van der Waals surface area contributed by atoms with Crippen molar-refractivity contribution in [3.8, 4) is 6.07 Å². The Morgan fingerprint density at radius 3 is 2.47 bits per heavy atom. The molecule has 0 N–H and O–H groups in total. The Morgan fingerprint density at radius 2 is 1.83 bits per heavy atom. The van der Waals surface area contributed by atoms with Gasteiger partial charge in [-0.05, 0) is 24.3 Å². The third-order valence-corrected chi connectivity index (χ3v) is 5.92. The lowest BCUT2D eigenvalue weighted by atomic mass is 10.1. The van der Waals surface area contributed by atoms with Gasteiger partial charge in [-0.3, -0.25) is 14.8 Å². The first kappa shape index (κ1) is 19.7. The van der Waals surface area contributed by atoms with Crippen LogP contribution in [0.25, 0.3) is 10.8 Å². The highest BCUT2D eigenvalue weighted by molar-refractivity contribution is 7.90. The molecule has 1 saturated heterocycles. The minimum Gasteiger partial charge on any atom is -0.291 e. The summed E-state index contributed by atoms with van der Waals surface area (Å²) in [7, 11) is -3.51. The number of carbonyl (C=O) groups is 1. The number of fused-ring (bicyclic) bond motifs is 1. The molecule has 1 aliphatic heterocycles. The number of rotatable bonds is 3. The predicted octanol–water partition coefficient (Wildman–Crippen LogP) is 3.26. The largest absolute Gasteiger partial charge is 0.330 e. The molecule has 152 valence electrons. The standard InChI is InChI=1S/C20H14F2N4O3S/c1-30(28,29)17-3-2-12-9-24-10-19(18(12)7-17)26-16(8-23)11-25(20(26)27)15-5-13(21)4-14(22)6-15/h2-7,9-10,16H,11H2,1H3. The summed E-state index contributed by atoms with van der Waals surface area (Å²) in [6.45, 7) is -0.125. The molecule has 0 spiro atoms. The van der Waals surface area contributed by atoms with Crippen molar-refractivity contribution in [2.24, 2.45) is 0 Å². The van der Waals surface area contributed by atoms with Crippen molar-refractivity contribution in [3.05, 3.63) is 60.4 Å². The molecule has 1 aromatic heterocycles. The minimum absolute atomic E-state index is 0.0229. The van der Waals surface area contributed by atoms with E-state index in [1.54, 1.807) is 6.07 Å². The second kappa shape index (κ2) is 7.03. The van der Waals surface area contributed by atoms with Crippen LogP contribution >= 0.6 is 0 Å². The topological polar surface area (TPSA) is 94.4 Å². The van der Waals surface area contributed by atoms with Gasteiger partial charge in [-0.2, -0.15) is 5.26 Å². The molecule has 0 bridgehead atoms. The average Bonchev–Trinajstić information content (AvgIpc) is 3.02. The average molecular weight is 428 g/mol. The highest BCUT2D eigenvalue weighted by atomic mass is 32.2. The van der Waals surface area contributed by atoms with Crippen LogP contribution in [0, 0.1) is 23.0 Å². The fourth-order valence-corrected chi connectivity index (χ4v) is 4.07. The Morgan fingerprint density at radius 1 is 1.13 bits per heavy atom. The highest BCUT2D eigenvalue weighted by Gasteiger charge is 2.40. The Kier molecular flexibility index (Phi) is 4.63. The molecule has 1 unspecified atom stereocenters. The van der Waals surface area contributed by atoms with Crippen LogP contribution in [0.15, 0.2) is 53.7 Å². The van der Waals surface area contributed by atoms with Gasteiger partial charge in [0.2, 0.25) is 0 Å². The lowest BCUT2D eigenvalue weighted by Crippen LogP contribution is -2.34. The Labute approximate surface area is 170 Å². The van der Waals surface area contributed by atoms with Crippen molar-refractivity contribution < 1.29 is 22.0 Å². The van der Waals surface area contributed by atoms with Gasteiger partial charge in [-0.1, -0.05) is 6.07 Å². The zero-order valence-corrected chi connectivity index (χ0v) is 16.4. The number of hydrogen-bond donors (Lipinski definition) is 0. The van der Waals surface area contributed by atoms with Crippen LogP contribution in [0.1, 0.15) is 0 Å². The lowest BCUT2D eigenvalue weighted by molar-refractivity contribution is 0.255. The van der Waals surface area contributed by atoms with Crippen LogP contribution in [0.3, 0.4) is 0 Å². The van der Waals surface area contributed by atoms with E-state index in [1.165, 1.54) is 24.5 Å². The molecule has 10 heteroatoms. The van der Waals surface area contributed by atoms with Gasteiger partial charge in [0.15, 0.2) is 9.84 Å². The second-order valence-electron chi connectivity index (χ2n) is 6.85. The molecule has 2 heterocycles. The summed E-state index contributed by atoms with van der Waals surface area (Å²) in [6.07, 6.45) is 3.92. The van der Waals surface area contributed by atoms with E-state index in [2.05, 4.69) is 4.98 Å². The van der Waals surface area contributed by atoms with Gasteiger partial charge < -0.3 is 0 Å². The van der Waals surface area contributed by atoms with E-state index in [9.17, 15) is 27.3 Å². The molecule has 2 amide bonds. The molecule has 1 atom stereocenters. The van der Waals surface area contributed by atoms with E-state index in [0.29, 0.717) is 16.8 Å². The van der Waals surface area contributed by atoms with Gasteiger partial charge in [-0.15, -0.1) is 0 Å². The number of urea groups is 1. The molecule has 4 rings (SSSR count). The summed E-state index contributed by atoms with van der Waals surface area (Å²) in [4.78, 5) is 19.5. The molecule has 0 aliphatic carbocycles. The van der Waals surface area contributed by atoms with E-state index in [4.69, 9.17) is 0 Å². The van der Waals surface area contributed by atoms with E-state index in [-0.39, 0.29) is 22.8 Å². The number of anilines is 2. The van der Waals surface area contributed by atoms with Crippen molar-refractivity contribution in [1.82, 2.24) is 4.98 Å². The number of nitriles is 1. The molecule has 1 aliphatic rings. The first-order valence-electron chi connectivity index (χ1n) is 8.73. The molecule has 2 aromatic carbocycles. The monoisotopic (exact) mass is 428 g/mol. The smallest absolute Gasteiger partial charge is 0.291 e. The summed E-state index contributed by atoms with van der Waals surface area (Å²) in [6, 6.07) is 7.45. The van der Waals surface area contributed by atoms with Crippen molar-refractivity contribution in [1.29, 1.82) is 5.26 Å². The van der Waals surface area contributed by atoms with Crippen LogP contribution in [0.4, 0.5) is 25.0 Å². The molecule has 0 saturated carbocycles. The van der Waals surface area contributed by atoms with Crippen molar-refractivity contribution >= 4 is 38.0 Å². The number of halogens is 2. The Hall–Kier alpha value is -3.58. The van der Waals surface area contributed by atoms with Crippen molar-refractivity contribution in [2.45, 2.75) is 10.9 Å². The molecule has 0 radical (unpaired) electrons. The van der Waals surface area contributed by atoms with Crippen LogP contribution in [0.2, 0.25) is 0 Å². The van der Waals surface area contributed by atoms with Crippen LogP contribution in [-0.2, 0) is 9.84 Å². The van der Waals surface area contributed by atoms with Crippen molar-refractivity contribution in [2.75, 3.05) is 22.6 Å². The fraction of sp³-hybridized carbons (Fsp3) is 0.150.